The molecule has 2 aromatic carbocycles. The standard InChI is InChI=1S/C21H18O3/c1-11-7-12(2)19(13(3)8-11)18-9-16(22)15-5-6-17-20(21(15)24-18)14(4)10-23-17/h5-10H,1-4H3. The average Bonchev–Trinajstić information content (AvgIpc) is 2.88. The van der Waals surface area contributed by atoms with Gasteiger partial charge in [-0.2, -0.15) is 0 Å². The zero-order chi connectivity index (χ0) is 17.0. The lowest BCUT2D eigenvalue weighted by Gasteiger charge is -2.11. The van der Waals surface area contributed by atoms with Crippen LogP contribution >= 0.6 is 0 Å². The van der Waals surface area contributed by atoms with Crippen molar-refractivity contribution in [2.45, 2.75) is 27.7 Å². The molecule has 0 saturated carbocycles. The third-order valence-electron chi connectivity index (χ3n) is 4.54. The molecule has 0 bridgehead atoms. The molecule has 2 aromatic heterocycles. The van der Waals surface area contributed by atoms with Gasteiger partial charge in [-0.25, -0.2) is 0 Å². The van der Waals surface area contributed by atoms with Gasteiger partial charge in [-0.1, -0.05) is 17.7 Å². The fraction of sp³-hybridized carbons (Fsp3) is 0.190. The summed E-state index contributed by atoms with van der Waals surface area (Å²) in [5, 5.41) is 1.45. The molecule has 0 fully saturated rings. The lowest BCUT2D eigenvalue weighted by molar-refractivity contribution is 0.610. The highest BCUT2D eigenvalue weighted by atomic mass is 16.3. The van der Waals surface area contributed by atoms with E-state index in [0.29, 0.717) is 16.7 Å². The van der Waals surface area contributed by atoms with Crippen LogP contribution in [0.4, 0.5) is 0 Å². The van der Waals surface area contributed by atoms with E-state index >= 15 is 0 Å². The summed E-state index contributed by atoms with van der Waals surface area (Å²) in [7, 11) is 0. The Morgan fingerprint density at radius 3 is 2.29 bits per heavy atom. The monoisotopic (exact) mass is 318 g/mol. The topological polar surface area (TPSA) is 43.4 Å². The first-order valence-corrected chi connectivity index (χ1v) is 7.98. The molecule has 0 spiro atoms. The van der Waals surface area contributed by atoms with Gasteiger partial charge in [0, 0.05) is 11.6 Å². The van der Waals surface area contributed by atoms with Crippen molar-refractivity contribution in [2.24, 2.45) is 0 Å². The van der Waals surface area contributed by atoms with Gasteiger partial charge in [0.15, 0.2) is 5.43 Å². The molecule has 0 aliphatic rings. The molecule has 24 heavy (non-hydrogen) atoms. The highest BCUT2D eigenvalue weighted by Crippen LogP contribution is 2.33. The largest absolute Gasteiger partial charge is 0.464 e. The van der Waals surface area contributed by atoms with Gasteiger partial charge in [-0.3, -0.25) is 4.79 Å². The minimum atomic E-state index is -0.0341. The van der Waals surface area contributed by atoms with Crippen molar-refractivity contribution in [1.82, 2.24) is 0 Å². The molecule has 0 saturated heterocycles. The Labute approximate surface area is 139 Å². The van der Waals surface area contributed by atoms with Gasteiger partial charge in [0.05, 0.1) is 17.0 Å². The Hall–Kier alpha value is -2.81. The summed E-state index contributed by atoms with van der Waals surface area (Å²) in [6, 6.07) is 9.40. The lowest BCUT2D eigenvalue weighted by Crippen LogP contribution is -2.02. The van der Waals surface area contributed by atoms with Crippen molar-refractivity contribution in [3.63, 3.8) is 0 Å². The van der Waals surface area contributed by atoms with Crippen LogP contribution in [0, 0.1) is 27.7 Å². The molecule has 4 rings (SSSR count). The van der Waals surface area contributed by atoms with E-state index in [1.807, 2.05) is 26.8 Å². The third-order valence-corrected chi connectivity index (χ3v) is 4.54. The smallest absolute Gasteiger partial charge is 0.193 e. The van der Waals surface area contributed by atoms with Gasteiger partial charge in [-0.15, -0.1) is 0 Å². The van der Waals surface area contributed by atoms with Crippen LogP contribution in [0.5, 0.6) is 0 Å². The molecular weight excluding hydrogens is 300 g/mol. The summed E-state index contributed by atoms with van der Waals surface area (Å²) in [6.45, 7) is 8.12. The number of furan rings is 1. The Bertz CT molecular complexity index is 1140. The fourth-order valence-electron chi connectivity index (χ4n) is 3.58. The number of benzene rings is 2. The maximum absolute atomic E-state index is 12.6. The summed E-state index contributed by atoms with van der Waals surface area (Å²) >= 11 is 0. The molecule has 2 heterocycles. The first kappa shape index (κ1) is 14.8. The van der Waals surface area contributed by atoms with Crippen molar-refractivity contribution in [3.05, 3.63) is 69.1 Å². The van der Waals surface area contributed by atoms with Gasteiger partial charge in [0.25, 0.3) is 0 Å². The van der Waals surface area contributed by atoms with Crippen molar-refractivity contribution >= 4 is 21.9 Å². The Kier molecular flexibility index (Phi) is 3.14. The van der Waals surface area contributed by atoms with Gasteiger partial charge in [-0.05, 0) is 56.5 Å². The summed E-state index contributed by atoms with van der Waals surface area (Å²) in [4.78, 5) is 12.6. The van der Waals surface area contributed by atoms with E-state index in [0.717, 1.165) is 33.2 Å². The molecule has 0 aliphatic carbocycles. The number of aryl methyl sites for hydroxylation is 4. The molecular formula is C21H18O3. The van der Waals surface area contributed by atoms with Crippen LogP contribution in [0.2, 0.25) is 0 Å². The minimum absolute atomic E-state index is 0.0341. The van der Waals surface area contributed by atoms with Gasteiger partial charge < -0.3 is 8.83 Å². The van der Waals surface area contributed by atoms with Crippen LogP contribution in [0.25, 0.3) is 33.3 Å². The zero-order valence-electron chi connectivity index (χ0n) is 14.2. The summed E-state index contributed by atoms with van der Waals surface area (Å²) in [5.74, 6) is 0.607. The van der Waals surface area contributed by atoms with Crippen LogP contribution in [0.15, 0.2) is 50.2 Å². The Morgan fingerprint density at radius 2 is 1.58 bits per heavy atom. The van der Waals surface area contributed by atoms with Crippen molar-refractivity contribution < 1.29 is 8.83 Å². The van der Waals surface area contributed by atoms with Crippen molar-refractivity contribution in [1.29, 1.82) is 0 Å². The lowest BCUT2D eigenvalue weighted by atomic mass is 9.97. The Morgan fingerprint density at radius 1 is 0.875 bits per heavy atom. The van der Waals surface area contributed by atoms with E-state index in [1.54, 1.807) is 18.4 Å². The normalized spacial score (nSPS) is 11.5. The zero-order valence-corrected chi connectivity index (χ0v) is 14.2. The third kappa shape index (κ3) is 2.08. The van der Waals surface area contributed by atoms with E-state index in [2.05, 4.69) is 19.1 Å². The SMILES string of the molecule is Cc1cc(C)c(-c2cc(=O)c3ccc4occ(C)c4c3o2)c(C)c1. The Balaban J connectivity index is 2.14. The summed E-state index contributed by atoms with van der Waals surface area (Å²) in [5.41, 5.74) is 6.65. The summed E-state index contributed by atoms with van der Waals surface area (Å²) in [6.07, 6.45) is 1.69. The minimum Gasteiger partial charge on any atom is -0.464 e. The second-order valence-electron chi connectivity index (χ2n) is 6.48. The number of rotatable bonds is 1. The van der Waals surface area contributed by atoms with Crippen molar-refractivity contribution in [3.8, 4) is 11.3 Å². The fourth-order valence-corrected chi connectivity index (χ4v) is 3.58. The predicted molar refractivity (Wildman–Crippen MR) is 96.6 cm³/mol. The quantitative estimate of drug-likeness (QED) is 0.469. The molecule has 0 N–H and O–H groups in total. The predicted octanol–water partition coefficient (Wildman–Crippen LogP) is 5.44. The molecule has 3 heteroatoms. The number of hydrogen-bond donors (Lipinski definition) is 0. The molecule has 0 atom stereocenters. The molecule has 0 amide bonds. The van der Waals surface area contributed by atoms with Crippen LogP contribution < -0.4 is 5.43 Å². The highest BCUT2D eigenvalue weighted by Gasteiger charge is 2.16. The van der Waals surface area contributed by atoms with E-state index in [4.69, 9.17) is 8.83 Å². The molecule has 0 unspecified atom stereocenters. The van der Waals surface area contributed by atoms with Gasteiger partial charge in [0.2, 0.25) is 0 Å². The maximum Gasteiger partial charge on any atom is 0.193 e. The van der Waals surface area contributed by atoms with Gasteiger partial charge >= 0.3 is 0 Å². The second kappa shape index (κ2) is 5.10. The molecule has 0 radical (unpaired) electrons. The van der Waals surface area contributed by atoms with Crippen LogP contribution in [0.1, 0.15) is 22.3 Å². The maximum atomic E-state index is 12.6. The first-order chi connectivity index (χ1) is 11.5. The highest BCUT2D eigenvalue weighted by molar-refractivity contribution is 6.04. The molecule has 120 valence electrons. The summed E-state index contributed by atoms with van der Waals surface area (Å²) < 4.78 is 11.8. The molecule has 3 nitrogen and oxygen atoms in total. The molecule has 0 aliphatic heterocycles. The number of fused-ring (bicyclic) bond motifs is 3. The van der Waals surface area contributed by atoms with Crippen LogP contribution in [-0.2, 0) is 0 Å². The van der Waals surface area contributed by atoms with Gasteiger partial charge in [0.1, 0.15) is 16.9 Å². The second-order valence-corrected chi connectivity index (χ2v) is 6.48. The average molecular weight is 318 g/mol. The van der Waals surface area contributed by atoms with Crippen LogP contribution in [-0.4, -0.2) is 0 Å². The molecule has 4 aromatic rings. The van der Waals surface area contributed by atoms with E-state index in [9.17, 15) is 4.79 Å². The van der Waals surface area contributed by atoms with E-state index < -0.39 is 0 Å². The van der Waals surface area contributed by atoms with Crippen LogP contribution in [0.3, 0.4) is 0 Å². The van der Waals surface area contributed by atoms with E-state index in [1.165, 1.54) is 5.56 Å². The first-order valence-electron chi connectivity index (χ1n) is 7.98. The van der Waals surface area contributed by atoms with Crippen molar-refractivity contribution in [2.75, 3.05) is 0 Å². The number of hydrogen-bond acceptors (Lipinski definition) is 3. The van der Waals surface area contributed by atoms with E-state index in [-0.39, 0.29) is 5.43 Å².